The van der Waals surface area contributed by atoms with E-state index in [1.165, 1.54) is 6.42 Å². The van der Waals surface area contributed by atoms with Crippen LogP contribution in [0.3, 0.4) is 0 Å². The van der Waals surface area contributed by atoms with E-state index in [1.807, 2.05) is 0 Å². The van der Waals surface area contributed by atoms with Crippen molar-refractivity contribution in [2.45, 2.75) is 52.9 Å². The smallest absolute Gasteiger partial charge is 0.303 e. The largest absolute Gasteiger partial charge is 0.481 e. The third-order valence-corrected chi connectivity index (χ3v) is 2.56. The van der Waals surface area contributed by atoms with E-state index in [-0.39, 0.29) is 6.42 Å². The average molecular weight is 198 g/mol. The molecule has 0 aliphatic carbocycles. The van der Waals surface area contributed by atoms with Crippen LogP contribution in [0.2, 0.25) is 0 Å². The summed E-state index contributed by atoms with van der Waals surface area (Å²) in [4.78, 5) is 10.2. The van der Waals surface area contributed by atoms with Crippen LogP contribution < -0.4 is 0 Å². The van der Waals surface area contributed by atoms with Gasteiger partial charge >= 0.3 is 5.97 Å². The van der Waals surface area contributed by atoms with Crippen LogP contribution in [0.25, 0.3) is 0 Å². The van der Waals surface area contributed by atoms with Gasteiger partial charge < -0.3 is 5.11 Å². The van der Waals surface area contributed by atoms with Crippen LogP contribution in [0.5, 0.6) is 0 Å². The molecule has 0 amide bonds. The van der Waals surface area contributed by atoms with Crippen molar-refractivity contribution in [2.24, 2.45) is 5.41 Å². The fourth-order valence-electron chi connectivity index (χ4n) is 1.04. The number of carboxylic acids is 1. The Labute approximate surface area is 87.0 Å². The predicted octanol–water partition coefficient (Wildman–Crippen LogP) is 3.62. The number of carbonyl (C=O) groups is 1. The fourth-order valence-corrected chi connectivity index (χ4v) is 1.04. The minimum absolute atomic E-state index is 0.279. The maximum atomic E-state index is 10.2. The van der Waals surface area contributed by atoms with Gasteiger partial charge in [-0.1, -0.05) is 39.3 Å². The highest BCUT2D eigenvalue weighted by Crippen LogP contribution is 2.24. The summed E-state index contributed by atoms with van der Waals surface area (Å²) in [6, 6.07) is 0. The Bertz CT molecular complexity index is 192. The molecule has 0 bridgehead atoms. The molecule has 0 radical (unpaired) electrons. The normalized spacial score (nSPS) is 12.2. The maximum Gasteiger partial charge on any atom is 0.303 e. The molecule has 82 valence electrons. The minimum atomic E-state index is -0.702. The fraction of sp³-hybridized carbons (Fsp3) is 0.750. The summed E-state index contributed by atoms with van der Waals surface area (Å²) >= 11 is 0. The topological polar surface area (TPSA) is 37.3 Å². The van der Waals surface area contributed by atoms with Gasteiger partial charge in [0.2, 0.25) is 0 Å². The highest BCUT2D eigenvalue weighted by atomic mass is 16.4. The van der Waals surface area contributed by atoms with E-state index in [0.29, 0.717) is 5.41 Å². The molecule has 14 heavy (non-hydrogen) atoms. The first kappa shape index (κ1) is 13.2. The lowest BCUT2D eigenvalue weighted by Gasteiger charge is -2.19. The molecule has 0 saturated carbocycles. The SMILES string of the molecule is CCC(C)(C)CC=CCCCC(=O)O. The lowest BCUT2D eigenvalue weighted by atomic mass is 9.86. The van der Waals surface area contributed by atoms with Gasteiger partial charge in [-0.05, 0) is 24.7 Å². The second kappa shape index (κ2) is 6.63. The van der Waals surface area contributed by atoms with E-state index in [2.05, 4.69) is 32.9 Å². The Kier molecular flexibility index (Phi) is 6.26. The molecule has 0 aliphatic rings. The monoisotopic (exact) mass is 198 g/mol. The molecular weight excluding hydrogens is 176 g/mol. The number of carboxylic acid groups (broad SMARTS) is 1. The Balaban J connectivity index is 3.50. The van der Waals surface area contributed by atoms with Crippen molar-refractivity contribution >= 4 is 5.97 Å². The van der Waals surface area contributed by atoms with Crippen molar-refractivity contribution in [1.82, 2.24) is 0 Å². The lowest BCUT2D eigenvalue weighted by Crippen LogP contribution is -2.07. The summed E-state index contributed by atoms with van der Waals surface area (Å²) in [6.45, 7) is 6.68. The van der Waals surface area contributed by atoms with Crippen molar-refractivity contribution in [3.05, 3.63) is 12.2 Å². The average Bonchev–Trinajstić information content (AvgIpc) is 2.10. The summed E-state index contributed by atoms with van der Waals surface area (Å²) in [5.41, 5.74) is 0.378. The number of hydrogen-bond donors (Lipinski definition) is 1. The zero-order chi connectivity index (χ0) is 11.0. The molecule has 0 aliphatic heterocycles. The molecule has 0 atom stereocenters. The Morgan fingerprint density at radius 2 is 2.00 bits per heavy atom. The lowest BCUT2D eigenvalue weighted by molar-refractivity contribution is -0.137. The molecule has 2 nitrogen and oxygen atoms in total. The van der Waals surface area contributed by atoms with E-state index in [9.17, 15) is 4.79 Å². The number of aliphatic carboxylic acids is 1. The van der Waals surface area contributed by atoms with Crippen molar-refractivity contribution in [3.63, 3.8) is 0 Å². The molecule has 0 heterocycles. The van der Waals surface area contributed by atoms with Gasteiger partial charge in [0, 0.05) is 6.42 Å². The quantitative estimate of drug-likeness (QED) is 0.501. The number of rotatable bonds is 7. The van der Waals surface area contributed by atoms with Crippen LogP contribution in [0, 0.1) is 5.41 Å². The van der Waals surface area contributed by atoms with Gasteiger partial charge in [0.1, 0.15) is 0 Å². The summed E-state index contributed by atoms with van der Waals surface area (Å²) < 4.78 is 0. The second-order valence-corrected chi connectivity index (χ2v) is 4.48. The summed E-state index contributed by atoms with van der Waals surface area (Å²) in [7, 11) is 0. The molecule has 2 heteroatoms. The van der Waals surface area contributed by atoms with Crippen LogP contribution in [0.1, 0.15) is 52.9 Å². The van der Waals surface area contributed by atoms with Crippen LogP contribution in [0.4, 0.5) is 0 Å². The van der Waals surface area contributed by atoms with Gasteiger partial charge in [-0.3, -0.25) is 4.79 Å². The first-order valence-electron chi connectivity index (χ1n) is 5.35. The zero-order valence-electron chi connectivity index (χ0n) is 9.55. The van der Waals surface area contributed by atoms with Crippen molar-refractivity contribution in [1.29, 1.82) is 0 Å². The summed E-state index contributed by atoms with van der Waals surface area (Å²) in [5.74, 6) is -0.702. The van der Waals surface area contributed by atoms with Crippen molar-refractivity contribution in [2.75, 3.05) is 0 Å². The third kappa shape index (κ3) is 7.84. The van der Waals surface area contributed by atoms with Crippen LogP contribution >= 0.6 is 0 Å². The van der Waals surface area contributed by atoms with Gasteiger partial charge in [-0.2, -0.15) is 0 Å². The maximum absolute atomic E-state index is 10.2. The first-order chi connectivity index (χ1) is 6.48. The Hall–Kier alpha value is -0.790. The summed E-state index contributed by atoms with van der Waals surface area (Å²) in [6.07, 6.45) is 8.43. The minimum Gasteiger partial charge on any atom is -0.481 e. The van der Waals surface area contributed by atoms with Gasteiger partial charge in [0.05, 0.1) is 0 Å². The Morgan fingerprint density at radius 3 is 2.50 bits per heavy atom. The molecular formula is C12H22O2. The van der Waals surface area contributed by atoms with E-state index < -0.39 is 5.97 Å². The van der Waals surface area contributed by atoms with Crippen molar-refractivity contribution < 1.29 is 9.90 Å². The Morgan fingerprint density at radius 1 is 1.36 bits per heavy atom. The van der Waals surface area contributed by atoms with E-state index in [4.69, 9.17) is 5.11 Å². The first-order valence-corrected chi connectivity index (χ1v) is 5.35. The number of hydrogen-bond acceptors (Lipinski definition) is 1. The zero-order valence-corrected chi connectivity index (χ0v) is 9.55. The van der Waals surface area contributed by atoms with Crippen LogP contribution in [-0.4, -0.2) is 11.1 Å². The molecule has 0 rings (SSSR count). The molecule has 0 saturated heterocycles. The molecule has 0 fully saturated rings. The van der Waals surface area contributed by atoms with Crippen molar-refractivity contribution in [3.8, 4) is 0 Å². The van der Waals surface area contributed by atoms with Gasteiger partial charge in [0.25, 0.3) is 0 Å². The standard InChI is InChI=1S/C12H22O2/c1-4-12(2,3)10-8-6-5-7-9-11(13)14/h6,8H,4-5,7,9-10H2,1-3H3,(H,13,14). The van der Waals surface area contributed by atoms with Gasteiger partial charge in [-0.15, -0.1) is 0 Å². The van der Waals surface area contributed by atoms with E-state index in [0.717, 1.165) is 19.3 Å². The van der Waals surface area contributed by atoms with Crippen LogP contribution in [0.15, 0.2) is 12.2 Å². The summed E-state index contributed by atoms with van der Waals surface area (Å²) in [5, 5.41) is 8.41. The highest BCUT2D eigenvalue weighted by Gasteiger charge is 2.11. The predicted molar refractivity (Wildman–Crippen MR) is 59.3 cm³/mol. The molecule has 0 unspecified atom stereocenters. The second-order valence-electron chi connectivity index (χ2n) is 4.48. The highest BCUT2D eigenvalue weighted by molar-refractivity contribution is 5.66. The van der Waals surface area contributed by atoms with E-state index in [1.54, 1.807) is 0 Å². The third-order valence-electron chi connectivity index (χ3n) is 2.56. The molecule has 0 aromatic heterocycles. The molecule has 0 aromatic carbocycles. The number of unbranched alkanes of at least 4 members (excludes halogenated alkanes) is 1. The number of allylic oxidation sites excluding steroid dienone is 2. The molecule has 0 aromatic rings. The molecule has 1 N–H and O–H groups in total. The van der Waals surface area contributed by atoms with Gasteiger partial charge in [-0.25, -0.2) is 0 Å². The molecule has 0 spiro atoms. The van der Waals surface area contributed by atoms with Gasteiger partial charge in [0.15, 0.2) is 0 Å². The van der Waals surface area contributed by atoms with E-state index >= 15 is 0 Å². The van der Waals surface area contributed by atoms with Crippen LogP contribution in [-0.2, 0) is 4.79 Å².